The zero-order valence-corrected chi connectivity index (χ0v) is 14.6. The molecule has 0 spiro atoms. The molecule has 0 fully saturated rings. The SMILES string of the molecule is CCCNc1ccc(Cl)c(CSc2cc(Cl)ccc2Cl)n1. The Bertz CT molecular complexity index is 620. The molecule has 1 aromatic heterocycles. The van der Waals surface area contributed by atoms with E-state index in [1.807, 2.05) is 18.2 Å². The Balaban J connectivity index is 2.10. The first-order valence-corrected chi connectivity index (χ1v) is 8.69. The lowest BCUT2D eigenvalue weighted by Crippen LogP contribution is -2.03. The van der Waals surface area contributed by atoms with E-state index in [0.717, 1.165) is 29.4 Å². The van der Waals surface area contributed by atoms with Crippen LogP contribution in [-0.2, 0) is 5.75 Å². The fourth-order valence-electron chi connectivity index (χ4n) is 1.67. The third-order valence-electron chi connectivity index (χ3n) is 2.73. The molecule has 1 N–H and O–H groups in total. The molecule has 0 bridgehead atoms. The summed E-state index contributed by atoms with van der Waals surface area (Å²) in [5.74, 6) is 1.48. The summed E-state index contributed by atoms with van der Waals surface area (Å²) in [5.41, 5.74) is 0.832. The number of hydrogen-bond donors (Lipinski definition) is 1. The molecule has 1 heterocycles. The van der Waals surface area contributed by atoms with Gasteiger partial charge in [0.15, 0.2) is 0 Å². The van der Waals surface area contributed by atoms with Gasteiger partial charge in [-0.2, -0.15) is 0 Å². The van der Waals surface area contributed by atoms with Crippen LogP contribution in [0, 0.1) is 0 Å². The summed E-state index contributed by atoms with van der Waals surface area (Å²) in [6.45, 7) is 3.00. The van der Waals surface area contributed by atoms with Gasteiger partial charge in [-0.25, -0.2) is 4.98 Å². The second kappa shape index (κ2) is 8.14. The van der Waals surface area contributed by atoms with Crippen LogP contribution in [0.5, 0.6) is 0 Å². The quantitative estimate of drug-likeness (QED) is 0.624. The molecule has 0 atom stereocenters. The minimum absolute atomic E-state index is 0.639. The van der Waals surface area contributed by atoms with Crippen LogP contribution in [0.4, 0.5) is 5.82 Å². The molecule has 1 aromatic carbocycles. The topological polar surface area (TPSA) is 24.9 Å². The first-order valence-electron chi connectivity index (χ1n) is 6.57. The average molecular weight is 362 g/mol. The van der Waals surface area contributed by atoms with Crippen molar-refractivity contribution in [3.63, 3.8) is 0 Å². The van der Waals surface area contributed by atoms with Gasteiger partial charge in [0.1, 0.15) is 5.82 Å². The maximum absolute atomic E-state index is 6.20. The zero-order chi connectivity index (χ0) is 15.2. The lowest BCUT2D eigenvalue weighted by atomic mass is 10.3. The van der Waals surface area contributed by atoms with Gasteiger partial charge in [0, 0.05) is 22.2 Å². The minimum atomic E-state index is 0.639. The summed E-state index contributed by atoms with van der Waals surface area (Å²) in [5, 5.41) is 5.26. The summed E-state index contributed by atoms with van der Waals surface area (Å²) in [4.78, 5) is 5.46. The number of aromatic nitrogens is 1. The van der Waals surface area contributed by atoms with E-state index >= 15 is 0 Å². The Morgan fingerprint density at radius 3 is 2.62 bits per heavy atom. The number of nitrogens with zero attached hydrogens (tertiary/aromatic N) is 1. The summed E-state index contributed by atoms with van der Waals surface area (Å²) in [7, 11) is 0. The summed E-state index contributed by atoms with van der Waals surface area (Å²) in [6.07, 6.45) is 1.05. The van der Waals surface area contributed by atoms with Crippen LogP contribution in [0.1, 0.15) is 19.0 Å². The lowest BCUT2D eigenvalue weighted by molar-refractivity contribution is 0.965. The monoisotopic (exact) mass is 360 g/mol. The van der Waals surface area contributed by atoms with Crippen molar-refractivity contribution in [2.24, 2.45) is 0 Å². The van der Waals surface area contributed by atoms with Crippen LogP contribution in [-0.4, -0.2) is 11.5 Å². The van der Waals surface area contributed by atoms with Crippen molar-refractivity contribution < 1.29 is 0 Å². The van der Waals surface area contributed by atoms with E-state index in [1.165, 1.54) is 0 Å². The van der Waals surface area contributed by atoms with E-state index in [4.69, 9.17) is 34.8 Å². The Morgan fingerprint density at radius 1 is 1.10 bits per heavy atom. The van der Waals surface area contributed by atoms with Crippen molar-refractivity contribution in [1.29, 1.82) is 0 Å². The normalized spacial score (nSPS) is 10.7. The molecule has 0 amide bonds. The largest absolute Gasteiger partial charge is 0.370 e. The number of rotatable bonds is 6. The third kappa shape index (κ3) is 4.96. The molecule has 0 saturated heterocycles. The summed E-state index contributed by atoms with van der Waals surface area (Å²) >= 11 is 19.9. The fourth-order valence-corrected chi connectivity index (χ4v) is 3.37. The number of halogens is 3. The van der Waals surface area contributed by atoms with Crippen molar-refractivity contribution >= 4 is 52.4 Å². The van der Waals surface area contributed by atoms with Crippen molar-refractivity contribution in [3.8, 4) is 0 Å². The molecular weight excluding hydrogens is 347 g/mol. The number of benzene rings is 1. The highest BCUT2D eigenvalue weighted by atomic mass is 35.5. The van der Waals surface area contributed by atoms with Gasteiger partial charge in [-0.05, 0) is 36.8 Å². The molecule has 0 unspecified atom stereocenters. The molecular formula is C15H15Cl3N2S. The van der Waals surface area contributed by atoms with E-state index < -0.39 is 0 Å². The number of hydrogen-bond acceptors (Lipinski definition) is 3. The first-order chi connectivity index (χ1) is 10.1. The number of pyridine rings is 1. The molecule has 2 aromatic rings. The standard InChI is InChI=1S/C15H15Cl3N2S/c1-2-7-19-15-6-5-11(17)13(20-15)9-21-14-8-10(16)3-4-12(14)18/h3-6,8H,2,7,9H2,1H3,(H,19,20). The highest BCUT2D eigenvalue weighted by Crippen LogP contribution is 2.33. The Labute approximate surface area is 144 Å². The van der Waals surface area contributed by atoms with E-state index in [9.17, 15) is 0 Å². The zero-order valence-electron chi connectivity index (χ0n) is 11.5. The Morgan fingerprint density at radius 2 is 1.86 bits per heavy atom. The van der Waals surface area contributed by atoms with Gasteiger partial charge in [-0.3, -0.25) is 0 Å². The molecule has 6 heteroatoms. The summed E-state index contributed by atoms with van der Waals surface area (Å²) < 4.78 is 0. The van der Waals surface area contributed by atoms with Crippen LogP contribution < -0.4 is 5.32 Å². The van der Waals surface area contributed by atoms with Crippen molar-refractivity contribution in [3.05, 3.63) is 51.1 Å². The highest BCUT2D eigenvalue weighted by Gasteiger charge is 2.08. The molecule has 0 aliphatic carbocycles. The Hall–Kier alpha value is -0.610. The number of anilines is 1. The van der Waals surface area contributed by atoms with Crippen LogP contribution in [0.15, 0.2) is 35.2 Å². The van der Waals surface area contributed by atoms with Crippen LogP contribution in [0.2, 0.25) is 15.1 Å². The van der Waals surface area contributed by atoms with Gasteiger partial charge >= 0.3 is 0 Å². The molecule has 2 rings (SSSR count). The maximum atomic E-state index is 6.20. The van der Waals surface area contributed by atoms with Gasteiger partial charge < -0.3 is 5.32 Å². The molecule has 2 nitrogen and oxygen atoms in total. The van der Waals surface area contributed by atoms with Gasteiger partial charge in [0.2, 0.25) is 0 Å². The van der Waals surface area contributed by atoms with E-state index in [-0.39, 0.29) is 0 Å². The van der Waals surface area contributed by atoms with Crippen LogP contribution >= 0.6 is 46.6 Å². The predicted molar refractivity (Wildman–Crippen MR) is 94.1 cm³/mol. The van der Waals surface area contributed by atoms with Crippen LogP contribution in [0.25, 0.3) is 0 Å². The van der Waals surface area contributed by atoms with E-state index in [0.29, 0.717) is 20.8 Å². The predicted octanol–water partition coefficient (Wildman–Crippen LogP) is 6.16. The van der Waals surface area contributed by atoms with Gasteiger partial charge in [0.05, 0.1) is 15.7 Å². The van der Waals surface area contributed by atoms with Crippen molar-refractivity contribution in [1.82, 2.24) is 4.98 Å². The first kappa shape index (κ1) is 16.8. The fraction of sp³-hybridized carbons (Fsp3) is 0.267. The van der Waals surface area contributed by atoms with Gasteiger partial charge in [0.25, 0.3) is 0 Å². The minimum Gasteiger partial charge on any atom is -0.370 e. The smallest absolute Gasteiger partial charge is 0.126 e. The number of nitrogens with one attached hydrogen (secondary N) is 1. The second-order valence-electron chi connectivity index (χ2n) is 4.42. The molecule has 0 saturated carbocycles. The third-order valence-corrected chi connectivity index (χ3v) is 4.82. The average Bonchev–Trinajstić information content (AvgIpc) is 2.48. The van der Waals surface area contributed by atoms with Crippen molar-refractivity contribution in [2.75, 3.05) is 11.9 Å². The van der Waals surface area contributed by atoms with Crippen molar-refractivity contribution in [2.45, 2.75) is 24.0 Å². The van der Waals surface area contributed by atoms with Gasteiger partial charge in [-0.1, -0.05) is 41.7 Å². The molecule has 112 valence electrons. The number of thioether (sulfide) groups is 1. The van der Waals surface area contributed by atoms with Gasteiger partial charge in [-0.15, -0.1) is 11.8 Å². The maximum Gasteiger partial charge on any atom is 0.126 e. The highest BCUT2D eigenvalue weighted by molar-refractivity contribution is 7.98. The lowest BCUT2D eigenvalue weighted by Gasteiger charge is -2.09. The molecule has 21 heavy (non-hydrogen) atoms. The van der Waals surface area contributed by atoms with E-state index in [2.05, 4.69) is 17.2 Å². The Kier molecular flexibility index (Phi) is 6.49. The molecule has 0 aliphatic heterocycles. The van der Waals surface area contributed by atoms with Crippen LogP contribution in [0.3, 0.4) is 0 Å². The summed E-state index contributed by atoms with van der Waals surface area (Å²) in [6, 6.07) is 9.16. The van der Waals surface area contributed by atoms with E-state index in [1.54, 1.807) is 23.9 Å². The molecule has 0 radical (unpaired) electrons. The second-order valence-corrected chi connectivity index (χ2v) is 6.68. The molecule has 0 aliphatic rings.